The topological polar surface area (TPSA) is 33.0 Å². The summed E-state index contributed by atoms with van der Waals surface area (Å²) < 4.78 is 4.91. The smallest absolute Gasteiger partial charge is 0.103 e. The van der Waals surface area contributed by atoms with E-state index < -0.39 is 0 Å². The highest BCUT2D eigenvalue weighted by molar-refractivity contribution is 5.57. The van der Waals surface area contributed by atoms with Gasteiger partial charge in [-0.1, -0.05) is 23.4 Å². The van der Waals surface area contributed by atoms with E-state index in [0.29, 0.717) is 11.4 Å². The summed E-state index contributed by atoms with van der Waals surface area (Å²) in [6, 6.07) is 5.51. The molecule has 10 heavy (non-hydrogen) atoms. The Balaban J connectivity index is 3.07. The molecule has 54 valence electrons. The van der Waals surface area contributed by atoms with Crippen molar-refractivity contribution in [3.05, 3.63) is 29.5 Å². The average molecular weight is 136 g/mol. The molecule has 0 radical (unpaired) electrons. The molecule has 0 bridgehead atoms. The van der Waals surface area contributed by atoms with E-state index in [-0.39, 0.29) is 0 Å². The molecule has 0 aliphatic rings. The van der Waals surface area contributed by atoms with Gasteiger partial charge in [-0.3, -0.25) is 0 Å². The van der Waals surface area contributed by atoms with Crippen molar-refractivity contribution in [2.24, 2.45) is 0 Å². The molecule has 0 spiro atoms. The van der Waals surface area contributed by atoms with Crippen molar-refractivity contribution in [3.8, 4) is 5.75 Å². The first-order valence-corrected chi connectivity index (χ1v) is 3.10. The second-order valence-electron chi connectivity index (χ2n) is 2.20. The number of methoxy groups -OCH3 is 1. The van der Waals surface area contributed by atoms with Crippen molar-refractivity contribution in [1.82, 2.24) is 0 Å². The van der Waals surface area contributed by atoms with E-state index in [1.54, 1.807) is 19.2 Å². The van der Waals surface area contributed by atoms with Crippen molar-refractivity contribution in [2.75, 3.05) is 7.11 Å². The predicted octanol–water partition coefficient (Wildman–Crippen LogP) is 2.69. The minimum atomic E-state index is 0.447. The first kappa shape index (κ1) is 6.93. The molecule has 1 aromatic rings. The number of benzene rings is 1. The van der Waals surface area contributed by atoms with Gasteiger partial charge in [0.2, 0.25) is 0 Å². The fraction of sp³-hybridized carbons (Fsp3) is 0.250. The van der Waals surface area contributed by atoms with Crippen LogP contribution in [-0.2, 0) is 0 Å². The van der Waals surface area contributed by atoms with Crippen molar-refractivity contribution in [3.63, 3.8) is 0 Å². The van der Waals surface area contributed by atoms with Gasteiger partial charge in [0.05, 0.1) is 7.11 Å². The molecule has 1 aromatic carbocycles. The highest BCUT2D eigenvalue weighted by Crippen LogP contribution is 2.26. The largest absolute Gasteiger partial charge is 0.696 e. The quantitative estimate of drug-likeness (QED) is 0.584. The first-order chi connectivity index (χ1) is 4.74. The Labute approximate surface area is 60.6 Å². The van der Waals surface area contributed by atoms with Crippen LogP contribution in [0.1, 0.15) is 5.56 Å². The van der Waals surface area contributed by atoms with E-state index in [1.807, 2.05) is 13.0 Å². The maximum Gasteiger partial charge on any atom is 0.103 e. The third-order valence-corrected chi connectivity index (χ3v) is 1.35. The van der Waals surface area contributed by atoms with Gasteiger partial charge >= 0.3 is 0 Å². The van der Waals surface area contributed by atoms with Gasteiger partial charge in [0.25, 0.3) is 0 Å². The van der Waals surface area contributed by atoms with E-state index in [2.05, 4.69) is 0 Å². The van der Waals surface area contributed by atoms with Gasteiger partial charge in [-0.05, 0) is 13.0 Å². The second kappa shape index (κ2) is 2.60. The normalized spacial score (nSPS) is 9.40. The molecular formula is C8H10NO-. The standard InChI is InChI=1S/C8H10NO/c1-6-3-4-8(10-2)7(9)5-6/h3-5,9H,1-2H3/q-1. The SMILES string of the molecule is COc1ccc(C)cc1[NH-]. The molecule has 0 saturated carbocycles. The van der Waals surface area contributed by atoms with Crippen LogP contribution in [-0.4, -0.2) is 7.11 Å². The van der Waals surface area contributed by atoms with Crippen LogP contribution in [0, 0.1) is 6.92 Å². The zero-order valence-corrected chi connectivity index (χ0v) is 6.14. The van der Waals surface area contributed by atoms with Crippen molar-refractivity contribution < 1.29 is 4.74 Å². The summed E-state index contributed by atoms with van der Waals surface area (Å²) in [5.41, 5.74) is 8.92. The van der Waals surface area contributed by atoms with Crippen LogP contribution in [0.4, 0.5) is 5.69 Å². The van der Waals surface area contributed by atoms with Crippen LogP contribution < -0.4 is 4.74 Å². The molecule has 0 aliphatic carbocycles. The van der Waals surface area contributed by atoms with Gasteiger partial charge in [0, 0.05) is 0 Å². The summed E-state index contributed by atoms with van der Waals surface area (Å²) in [7, 11) is 1.57. The molecule has 2 nitrogen and oxygen atoms in total. The summed E-state index contributed by atoms with van der Waals surface area (Å²) in [5, 5.41) is 0. The van der Waals surface area contributed by atoms with Gasteiger partial charge in [-0.2, -0.15) is 0 Å². The van der Waals surface area contributed by atoms with Crippen LogP contribution in [0.3, 0.4) is 0 Å². The molecule has 1 rings (SSSR count). The fourth-order valence-corrected chi connectivity index (χ4v) is 0.822. The van der Waals surface area contributed by atoms with Gasteiger partial charge in [-0.15, -0.1) is 0 Å². The van der Waals surface area contributed by atoms with E-state index in [9.17, 15) is 0 Å². The summed E-state index contributed by atoms with van der Waals surface area (Å²) in [6.45, 7) is 1.96. The predicted molar refractivity (Wildman–Crippen MR) is 41.7 cm³/mol. The zero-order chi connectivity index (χ0) is 7.56. The lowest BCUT2D eigenvalue weighted by Gasteiger charge is -2.10. The lowest BCUT2D eigenvalue weighted by Crippen LogP contribution is -1.82. The Morgan fingerprint density at radius 3 is 2.60 bits per heavy atom. The van der Waals surface area contributed by atoms with Crippen molar-refractivity contribution >= 4 is 5.69 Å². The molecular weight excluding hydrogens is 126 g/mol. The van der Waals surface area contributed by atoms with Crippen LogP contribution in [0.15, 0.2) is 18.2 Å². The van der Waals surface area contributed by atoms with Crippen molar-refractivity contribution in [1.29, 1.82) is 0 Å². The molecule has 0 atom stereocenters. The molecule has 0 aliphatic heterocycles. The molecule has 0 saturated heterocycles. The van der Waals surface area contributed by atoms with E-state index in [0.717, 1.165) is 5.56 Å². The number of hydrogen-bond acceptors (Lipinski definition) is 1. The highest BCUT2D eigenvalue weighted by atomic mass is 16.5. The Kier molecular flexibility index (Phi) is 1.81. The van der Waals surface area contributed by atoms with Gasteiger partial charge in [0.15, 0.2) is 0 Å². The van der Waals surface area contributed by atoms with E-state index in [4.69, 9.17) is 10.5 Å². The van der Waals surface area contributed by atoms with Crippen molar-refractivity contribution in [2.45, 2.75) is 6.92 Å². The highest BCUT2D eigenvalue weighted by Gasteiger charge is 1.89. The summed E-state index contributed by atoms with van der Waals surface area (Å²) in [6.07, 6.45) is 0. The molecule has 1 N–H and O–H groups in total. The van der Waals surface area contributed by atoms with E-state index in [1.165, 1.54) is 0 Å². The minimum Gasteiger partial charge on any atom is -0.696 e. The van der Waals surface area contributed by atoms with Crippen LogP contribution in [0.5, 0.6) is 5.75 Å². The van der Waals surface area contributed by atoms with Gasteiger partial charge < -0.3 is 10.5 Å². The van der Waals surface area contributed by atoms with Crippen LogP contribution >= 0.6 is 0 Å². The summed E-state index contributed by atoms with van der Waals surface area (Å²) in [4.78, 5) is 0. The van der Waals surface area contributed by atoms with Crippen LogP contribution in [0.2, 0.25) is 0 Å². The first-order valence-electron chi connectivity index (χ1n) is 3.10. The molecule has 0 aromatic heterocycles. The molecule has 0 fully saturated rings. The third kappa shape index (κ3) is 1.21. The van der Waals surface area contributed by atoms with E-state index >= 15 is 0 Å². The number of rotatable bonds is 1. The number of hydrogen-bond donors (Lipinski definition) is 0. The average Bonchev–Trinajstić information content (AvgIpc) is 1.88. The molecule has 2 heteroatoms. The maximum atomic E-state index is 7.39. The molecule has 0 unspecified atom stereocenters. The Morgan fingerprint density at radius 1 is 1.40 bits per heavy atom. The van der Waals surface area contributed by atoms with Gasteiger partial charge in [0.1, 0.15) is 5.75 Å². The molecule has 0 amide bonds. The lowest BCUT2D eigenvalue weighted by atomic mass is 10.2. The fourth-order valence-electron chi connectivity index (χ4n) is 0.822. The Morgan fingerprint density at radius 2 is 2.10 bits per heavy atom. The summed E-state index contributed by atoms with van der Waals surface area (Å²) in [5.74, 6) is 0.630. The minimum absolute atomic E-state index is 0.447. The number of ether oxygens (including phenoxy) is 1. The maximum absolute atomic E-state index is 7.39. The number of nitrogens with one attached hydrogen (secondary N) is 1. The number of aryl methyl sites for hydroxylation is 1. The second-order valence-corrected chi connectivity index (χ2v) is 2.20. The third-order valence-electron chi connectivity index (χ3n) is 1.35. The van der Waals surface area contributed by atoms with Gasteiger partial charge in [-0.25, -0.2) is 0 Å². The zero-order valence-electron chi connectivity index (χ0n) is 6.14. The Hall–Kier alpha value is -1.18. The lowest BCUT2D eigenvalue weighted by molar-refractivity contribution is 0.417. The molecule has 0 heterocycles. The summed E-state index contributed by atoms with van der Waals surface area (Å²) >= 11 is 0. The monoisotopic (exact) mass is 136 g/mol. The Bertz CT molecular complexity index is 233. The van der Waals surface area contributed by atoms with Crippen LogP contribution in [0.25, 0.3) is 5.73 Å².